The Morgan fingerprint density at radius 3 is 2.46 bits per heavy atom. The average Bonchev–Trinajstić information content (AvgIpc) is 2.90. The number of aliphatic hydroxyl groups is 1. The number of morpholine rings is 1. The Labute approximate surface area is 217 Å². The van der Waals surface area contributed by atoms with Crippen molar-refractivity contribution in [2.45, 2.75) is 19.1 Å². The molecule has 0 aliphatic carbocycles. The Morgan fingerprint density at radius 2 is 1.81 bits per heavy atom. The van der Waals surface area contributed by atoms with Crippen LogP contribution in [0.25, 0.3) is 6.08 Å². The van der Waals surface area contributed by atoms with Crippen LogP contribution in [-0.4, -0.2) is 72.8 Å². The van der Waals surface area contributed by atoms with Crippen LogP contribution >= 0.6 is 0 Å². The monoisotopic (exact) mass is 503 g/mol. The number of anilines is 3. The highest BCUT2D eigenvalue weighted by molar-refractivity contribution is 5.76. The molecule has 0 saturated carbocycles. The lowest BCUT2D eigenvalue weighted by Crippen LogP contribution is -2.38. The minimum Gasteiger partial charge on any atom is -0.481 e. The summed E-state index contributed by atoms with van der Waals surface area (Å²) in [5, 5.41) is 22.9. The lowest BCUT2D eigenvalue weighted by Gasteiger charge is -2.31. The van der Waals surface area contributed by atoms with Gasteiger partial charge in [0.25, 0.3) is 0 Å². The fourth-order valence-electron chi connectivity index (χ4n) is 4.19. The third kappa shape index (κ3) is 7.28. The van der Waals surface area contributed by atoms with Crippen molar-refractivity contribution in [2.75, 3.05) is 55.5 Å². The molecule has 1 aliphatic rings. The third-order valence-corrected chi connectivity index (χ3v) is 5.97. The molecule has 9 heteroatoms. The number of carboxylic acids is 1. The highest BCUT2D eigenvalue weighted by atomic mass is 16.5. The predicted molar refractivity (Wildman–Crippen MR) is 145 cm³/mol. The average molecular weight is 504 g/mol. The molecule has 0 bridgehead atoms. The highest BCUT2D eigenvalue weighted by Crippen LogP contribution is 2.28. The molecule has 1 aromatic heterocycles. The maximum absolute atomic E-state index is 11.6. The van der Waals surface area contributed by atoms with E-state index in [0.717, 1.165) is 16.8 Å². The zero-order valence-corrected chi connectivity index (χ0v) is 21.2. The van der Waals surface area contributed by atoms with Gasteiger partial charge in [-0.05, 0) is 29.3 Å². The number of ether oxygens (including phenoxy) is 1. The number of carbonyl (C=O) groups is 1. The van der Waals surface area contributed by atoms with Gasteiger partial charge in [-0.3, -0.25) is 4.79 Å². The van der Waals surface area contributed by atoms with Crippen molar-refractivity contribution >= 4 is 29.4 Å². The van der Waals surface area contributed by atoms with E-state index >= 15 is 0 Å². The van der Waals surface area contributed by atoms with E-state index in [-0.39, 0.29) is 6.42 Å². The Balaban J connectivity index is 1.51. The molecule has 194 valence electrons. The van der Waals surface area contributed by atoms with E-state index < -0.39 is 12.2 Å². The van der Waals surface area contributed by atoms with E-state index in [1.807, 2.05) is 79.7 Å². The van der Waals surface area contributed by atoms with Gasteiger partial charge >= 0.3 is 5.97 Å². The second-order valence-corrected chi connectivity index (χ2v) is 9.06. The summed E-state index contributed by atoms with van der Waals surface area (Å²) in [4.78, 5) is 25.1. The number of carboxylic acid groups (broad SMARTS) is 1. The molecular formula is C28H33N5O4. The number of aliphatic hydroxyl groups excluding tert-OH is 1. The summed E-state index contributed by atoms with van der Waals surface area (Å²) in [5.41, 5.74) is 3.42. The van der Waals surface area contributed by atoms with Crippen LogP contribution in [0.15, 0.2) is 60.7 Å². The van der Waals surface area contributed by atoms with Gasteiger partial charge in [0.05, 0.1) is 19.6 Å². The smallest absolute Gasteiger partial charge is 0.308 e. The fourth-order valence-corrected chi connectivity index (χ4v) is 4.19. The normalized spacial score (nSPS) is 14.5. The van der Waals surface area contributed by atoms with E-state index in [4.69, 9.17) is 14.7 Å². The summed E-state index contributed by atoms with van der Waals surface area (Å²) >= 11 is 0. The van der Waals surface area contributed by atoms with Crippen LogP contribution < -0.4 is 15.1 Å². The quantitative estimate of drug-likeness (QED) is 0.360. The van der Waals surface area contributed by atoms with Gasteiger partial charge in [0, 0.05) is 44.9 Å². The second-order valence-electron chi connectivity index (χ2n) is 9.06. The van der Waals surface area contributed by atoms with Gasteiger partial charge in [0.15, 0.2) is 0 Å². The maximum Gasteiger partial charge on any atom is 0.308 e. The van der Waals surface area contributed by atoms with Crippen LogP contribution in [-0.2, 0) is 22.4 Å². The van der Waals surface area contributed by atoms with Crippen LogP contribution in [0.4, 0.5) is 17.3 Å². The van der Waals surface area contributed by atoms with Crippen LogP contribution in [0.2, 0.25) is 0 Å². The summed E-state index contributed by atoms with van der Waals surface area (Å²) in [6, 6.07) is 17.5. The topological polar surface area (TPSA) is 111 Å². The molecule has 1 atom stereocenters. The van der Waals surface area contributed by atoms with Crippen molar-refractivity contribution in [3.8, 4) is 0 Å². The molecule has 4 rings (SSSR count). The summed E-state index contributed by atoms with van der Waals surface area (Å²) in [5.74, 6) is 0.968. The number of nitrogens with one attached hydrogen (secondary N) is 1. The highest BCUT2D eigenvalue weighted by Gasteiger charge is 2.24. The third-order valence-electron chi connectivity index (χ3n) is 5.97. The van der Waals surface area contributed by atoms with E-state index in [0.29, 0.717) is 55.7 Å². The molecule has 0 radical (unpaired) electrons. The molecule has 0 amide bonds. The molecule has 0 spiro atoms. The Bertz CT molecular complexity index is 1210. The van der Waals surface area contributed by atoms with Crippen molar-refractivity contribution in [3.63, 3.8) is 0 Å². The van der Waals surface area contributed by atoms with Crippen molar-refractivity contribution in [1.82, 2.24) is 9.97 Å². The molecule has 3 N–H and O–H groups in total. The first-order chi connectivity index (χ1) is 17.9. The zero-order valence-electron chi connectivity index (χ0n) is 21.2. The summed E-state index contributed by atoms with van der Waals surface area (Å²) < 4.78 is 5.48. The number of hydrogen-bond acceptors (Lipinski definition) is 8. The number of benzene rings is 2. The second kappa shape index (κ2) is 12.3. The van der Waals surface area contributed by atoms with Gasteiger partial charge in [-0.1, -0.05) is 48.5 Å². The standard InChI is InChI=1S/C28H33N5O4/c1-32(2)27-23(19-26(35)36)28(33-14-16-37-17-15-33)31-24(30-27)18-21-8-11-22(12-9-21)29-25(34)13-10-20-6-4-3-5-7-20/h3-13,25,29,34H,14-19H2,1-2H3,(H,35,36). The van der Waals surface area contributed by atoms with Crippen LogP contribution in [0.1, 0.15) is 22.5 Å². The summed E-state index contributed by atoms with van der Waals surface area (Å²) in [7, 11) is 3.72. The van der Waals surface area contributed by atoms with E-state index in [2.05, 4.69) is 10.2 Å². The van der Waals surface area contributed by atoms with Crippen molar-refractivity contribution < 1.29 is 19.7 Å². The molecule has 9 nitrogen and oxygen atoms in total. The Morgan fingerprint density at radius 1 is 1.11 bits per heavy atom. The first-order valence-corrected chi connectivity index (χ1v) is 12.3. The van der Waals surface area contributed by atoms with E-state index in [1.54, 1.807) is 6.08 Å². The lowest BCUT2D eigenvalue weighted by atomic mass is 10.1. The van der Waals surface area contributed by atoms with Gasteiger partial charge in [0.2, 0.25) is 0 Å². The first-order valence-electron chi connectivity index (χ1n) is 12.3. The molecule has 3 aromatic rings. The Kier molecular flexibility index (Phi) is 8.71. The largest absolute Gasteiger partial charge is 0.481 e. The number of rotatable bonds is 10. The minimum absolute atomic E-state index is 0.151. The number of aromatic nitrogens is 2. The van der Waals surface area contributed by atoms with Crippen LogP contribution in [0, 0.1) is 0 Å². The van der Waals surface area contributed by atoms with E-state index in [9.17, 15) is 15.0 Å². The molecule has 1 saturated heterocycles. The van der Waals surface area contributed by atoms with Crippen molar-refractivity contribution in [1.29, 1.82) is 0 Å². The molecule has 2 aromatic carbocycles. The van der Waals surface area contributed by atoms with Crippen molar-refractivity contribution in [3.05, 3.63) is 83.2 Å². The van der Waals surface area contributed by atoms with Gasteiger partial charge < -0.3 is 30.1 Å². The van der Waals surface area contributed by atoms with Crippen molar-refractivity contribution in [2.24, 2.45) is 0 Å². The first kappa shape index (κ1) is 26.1. The fraction of sp³-hybridized carbons (Fsp3) is 0.321. The molecule has 1 fully saturated rings. The molecular weight excluding hydrogens is 470 g/mol. The lowest BCUT2D eigenvalue weighted by molar-refractivity contribution is -0.136. The van der Waals surface area contributed by atoms with Gasteiger partial charge in [-0.15, -0.1) is 0 Å². The molecule has 37 heavy (non-hydrogen) atoms. The molecule has 1 unspecified atom stereocenters. The van der Waals surface area contributed by atoms with Crippen LogP contribution in [0.5, 0.6) is 0 Å². The number of nitrogens with zero attached hydrogens (tertiary/aromatic N) is 4. The van der Waals surface area contributed by atoms with Gasteiger partial charge in [-0.25, -0.2) is 9.97 Å². The minimum atomic E-state index is -0.919. The van der Waals surface area contributed by atoms with Crippen LogP contribution in [0.3, 0.4) is 0 Å². The van der Waals surface area contributed by atoms with Gasteiger partial charge in [0.1, 0.15) is 23.7 Å². The number of hydrogen-bond donors (Lipinski definition) is 3. The van der Waals surface area contributed by atoms with E-state index in [1.165, 1.54) is 0 Å². The maximum atomic E-state index is 11.6. The summed E-state index contributed by atoms with van der Waals surface area (Å²) in [6.07, 6.45) is 3.08. The molecule has 1 aliphatic heterocycles. The molecule has 2 heterocycles. The SMILES string of the molecule is CN(C)c1nc(Cc2ccc(NC(O)C=Cc3ccccc3)cc2)nc(N2CCOCC2)c1CC(=O)O. The number of aliphatic carboxylic acids is 1. The predicted octanol–water partition coefficient (Wildman–Crippen LogP) is 3.04. The van der Waals surface area contributed by atoms with Gasteiger partial charge in [-0.2, -0.15) is 0 Å². The summed E-state index contributed by atoms with van der Waals surface area (Å²) in [6.45, 7) is 2.45. The zero-order chi connectivity index (χ0) is 26.2. The Hall–Kier alpha value is -3.95.